The molecule has 3 aromatic carbocycles. The van der Waals surface area contributed by atoms with Crippen LogP contribution >= 0.6 is 23.2 Å². The van der Waals surface area contributed by atoms with Gasteiger partial charge in [-0.3, -0.25) is 5.32 Å². The molecule has 5 rings (SSSR count). The Hall–Kier alpha value is -4.92. The maximum atomic E-state index is 13.2. The van der Waals surface area contributed by atoms with Gasteiger partial charge in [0, 0.05) is 36.2 Å². The highest BCUT2D eigenvalue weighted by molar-refractivity contribution is 6.45. The number of hydrogen-bond acceptors (Lipinski definition) is 10. The largest absolute Gasteiger partial charge is 0.497 e. The normalized spacial score (nSPS) is 11.3. The van der Waals surface area contributed by atoms with E-state index >= 15 is 0 Å². The number of carbonyl (C=O) groups excluding carboxylic acids is 1. The van der Waals surface area contributed by atoms with E-state index in [-0.39, 0.29) is 46.0 Å². The van der Waals surface area contributed by atoms with E-state index in [0.717, 1.165) is 22.5 Å². The number of hydrogen-bond donors (Lipinski definition) is 3. The molecule has 0 saturated carbocycles. The number of aliphatic hydroxyl groups excluding tert-OH is 1. The molecule has 0 unspecified atom stereocenters. The summed E-state index contributed by atoms with van der Waals surface area (Å²) in [6.45, 7) is 9.93. The van der Waals surface area contributed by atoms with Crippen molar-refractivity contribution in [2.75, 3.05) is 57.4 Å². The van der Waals surface area contributed by atoms with Crippen LogP contribution in [0.25, 0.3) is 5.69 Å². The van der Waals surface area contributed by atoms with Crippen LogP contribution in [-0.2, 0) is 21.3 Å². The van der Waals surface area contributed by atoms with Gasteiger partial charge in [0.25, 0.3) is 0 Å². The third-order valence-electron chi connectivity index (χ3n) is 7.83. The molecule has 13 nitrogen and oxygen atoms in total. The summed E-state index contributed by atoms with van der Waals surface area (Å²) >= 11 is 13.3. The molecule has 0 bridgehead atoms. The highest BCUT2D eigenvalue weighted by Crippen LogP contribution is 2.39. The van der Waals surface area contributed by atoms with Crippen LogP contribution in [0, 0.1) is 6.92 Å². The van der Waals surface area contributed by atoms with Gasteiger partial charge in [0.15, 0.2) is 0 Å². The molecule has 2 heterocycles. The summed E-state index contributed by atoms with van der Waals surface area (Å²) in [6, 6.07) is 19.5. The summed E-state index contributed by atoms with van der Waals surface area (Å²) in [5.74, 6) is 2.67. The maximum Gasteiger partial charge on any atom is 0.324 e. The number of carbonyl (C=O) groups is 1. The van der Waals surface area contributed by atoms with Gasteiger partial charge in [-0.1, -0.05) is 61.7 Å². The van der Waals surface area contributed by atoms with Gasteiger partial charge in [-0.15, -0.1) is 0 Å². The van der Waals surface area contributed by atoms with E-state index in [4.69, 9.17) is 57.1 Å². The number of ether oxygens (including phenoxy) is 5. The van der Waals surface area contributed by atoms with Gasteiger partial charge >= 0.3 is 6.03 Å². The predicted molar refractivity (Wildman–Crippen MR) is 208 cm³/mol. The number of anilines is 2. The van der Waals surface area contributed by atoms with E-state index in [1.807, 2.05) is 49.4 Å². The van der Waals surface area contributed by atoms with Crippen LogP contribution in [0.1, 0.15) is 43.4 Å². The third-order valence-corrected chi connectivity index (χ3v) is 8.69. The molecule has 15 heteroatoms. The number of benzene rings is 3. The Morgan fingerprint density at radius 2 is 1.59 bits per heavy atom. The maximum absolute atomic E-state index is 13.2. The number of aliphatic hydroxyl groups is 1. The van der Waals surface area contributed by atoms with Crippen LogP contribution in [0.3, 0.4) is 0 Å². The molecule has 0 saturated heterocycles. The first-order valence-electron chi connectivity index (χ1n) is 17.2. The lowest BCUT2D eigenvalue weighted by atomic mass is 9.92. The summed E-state index contributed by atoms with van der Waals surface area (Å²) in [6.07, 6.45) is 1.94. The fraction of sp³-hybridized carbons (Fsp3) is 0.333. The van der Waals surface area contributed by atoms with E-state index in [1.165, 1.54) is 0 Å². The Balaban J connectivity index is 1.22. The van der Waals surface area contributed by atoms with Crippen molar-refractivity contribution in [3.8, 4) is 28.8 Å². The van der Waals surface area contributed by atoms with Crippen LogP contribution in [-0.4, -0.2) is 77.6 Å². The van der Waals surface area contributed by atoms with Crippen LogP contribution < -0.4 is 24.8 Å². The Bertz CT molecular complexity index is 2020. The zero-order chi connectivity index (χ0) is 38.7. The van der Waals surface area contributed by atoms with Crippen molar-refractivity contribution in [3.05, 3.63) is 106 Å². The lowest BCUT2D eigenvalue weighted by Crippen LogP contribution is -2.21. The number of amides is 2. The quantitative estimate of drug-likeness (QED) is 0.0792. The van der Waals surface area contributed by atoms with Gasteiger partial charge in [0.2, 0.25) is 5.88 Å². The lowest BCUT2D eigenvalue weighted by molar-refractivity contribution is 0.0247. The molecule has 286 valence electrons. The van der Waals surface area contributed by atoms with Crippen molar-refractivity contribution in [3.63, 3.8) is 0 Å². The monoisotopic (exact) mass is 778 g/mol. The van der Waals surface area contributed by atoms with Gasteiger partial charge in [0.05, 0.1) is 62.2 Å². The van der Waals surface area contributed by atoms with Crippen LogP contribution in [0.15, 0.2) is 72.9 Å². The number of aryl methyl sites for hydroxylation is 1. The van der Waals surface area contributed by atoms with E-state index in [1.54, 1.807) is 42.3 Å². The van der Waals surface area contributed by atoms with Crippen LogP contribution in [0.4, 0.5) is 16.3 Å². The topological polar surface area (TPSA) is 151 Å². The molecule has 0 spiro atoms. The van der Waals surface area contributed by atoms with Gasteiger partial charge in [-0.05, 0) is 48.9 Å². The zero-order valence-electron chi connectivity index (χ0n) is 30.8. The third kappa shape index (κ3) is 11.3. The molecule has 0 atom stereocenters. The molecule has 0 aliphatic heterocycles. The Kier molecular flexibility index (Phi) is 14.1. The molecule has 2 aromatic heterocycles. The van der Waals surface area contributed by atoms with Gasteiger partial charge < -0.3 is 34.1 Å². The van der Waals surface area contributed by atoms with Crippen molar-refractivity contribution in [2.45, 2.75) is 39.5 Å². The van der Waals surface area contributed by atoms with Crippen LogP contribution in [0.2, 0.25) is 10.0 Å². The van der Waals surface area contributed by atoms with E-state index in [2.05, 4.69) is 41.4 Å². The SMILES string of the molecule is COc1cc(Cc2nccc(Oc3ccc(NC(=O)Nc4cc(C(C)(C)C)nn4-c4ccc(C)cc4)c(Cl)c3Cl)n2)cc(OCCOCCOCCO)c1. The van der Waals surface area contributed by atoms with Crippen molar-refractivity contribution < 1.29 is 33.6 Å². The van der Waals surface area contributed by atoms with Crippen LogP contribution in [0.5, 0.6) is 23.1 Å². The lowest BCUT2D eigenvalue weighted by Gasteiger charge is -2.14. The molecular weight excluding hydrogens is 735 g/mol. The molecule has 2 amide bonds. The molecule has 0 fully saturated rings. The molecular formula is C39H44Cl2N6O7. The van der Waals surface area contributed by atoms with Crippen molar-refractivity contribution in [1.29, 1.82) is 0 Å². The summed E-state index contributed by atoms with van der Waals surface area (Å²) in [7, 11) is 1.58. The smallest absolute Gasteiger partial charge is 0.324 e. The molecule has 5 aromatic rings. The summed E-state index contributed by atoms with van der Waals surface area (Å²) in [5, 5.41) is 19.4. The first-order valence-corrected chi connectivity index (χ1v) is 18.0. The van der Waals surface area contributed by atoms with Crippen molar-refractivity contribution in [2.24, 2.45) is 0 Å². The van der Waals surface area contributed by atoms with Crippen molar-refractivity contribution in [1.82, 2.24) is 19.7 Å². The van der Waals surface area contributed by atoms with Gasteiger partial charge in [-0.25, -0.2) is 14.5 Å². The number of urea groups is 1. The number of nitrogens with zero attached hydrogens (tertiary/aromatic N) is 4. The molecule has 0 aliphatic carbocycles. The Morgan fingerprint density at radius 1 is 0.870 bits per heavy atom. The number of methoxy groups -OCH3 is 1. The van der Waals surface area contributed by atoms with E-state index in [9.17, 15) is 4.79 Å². The summed E-state index contributed by atoms with van der Waals surface area (Å²) < 4.78 is 29.7. The average Bonchev–Trinajstić information content (AvgIpc) is 3.57. The second-order valence-electron chi connectivity index (χ2n) is 13.1. The van der Waals surface area contributed by atoms with Gasteiger partial charge in [0.1, 0.15) is 40.5 Å². The van der Waals surface area contributed by atoms with Gasteiger partial charge in [-0.2, -0.15) is 10.1 Å². The van der Waals surface area contributed by atoms with E-state index < -0.39 is 6.03 Å². The van der Waals surface area contributed by atoms with Crippen molar-refractivity contribution >= 4 is 40.7 Å². The fourth-order valence-corrected chi connectivity index (χ4v) is 5.46. The predicted octanol–water partition coefficient (Wildman–Crippen LogP) is 8.02. The Labute approximate surface area is 324 Å². The summed E-state index contributed by atoms with van der Waals surface area (Å²) in [4.78, 5) is 22.2. The first-order chi connectivity index (χ1) is 25.9. The molecule has 0 radical (unpaired) electrons. The first kappa shape index (κ1) is 40.3. The standard InChI is InChI=1S/C39H44Cl2N6O7/c1-25-6-8-27(9-7-25)47-34(24-32(46-47)39(2,3)4)45-38(49)43-30-10-11-31(37(41)36(30)40)54-35-12-13-42-33(44-35)22-26-20-28(50-5)23-29(21-26)53-19-18-52-17-16-51-15-14-48/h6-13,20-21,23-24,48H,14-19,22H2,1-5H3,(H2,43,45,49). The number of aromatic nitrogens is 4. The fourth-order valence-electron chi connectivity index (χ4n) is 5.05. The molecule has 0 aliphatic rings. The highest BCUT2D eigenvalue weighted by atomic mass is 35.5. The summed E-state index contributed by atoms with van der Waals surface area (Å²) in [5.41, 5.74) is 3.61. The Morgan fingerprint density at radius 3 is 2.31 bits per heavy atom. The highest BCUT2D eigenvalue weighted by Gasteiger charge is 2.22. The van der Waals surface area contributed by atoms with E-state index in [0.29, 0.717) is 56.0 Å². The zero-order valence-corrected chi connectivity index (χ0v) is 32.3. The average molecular weight is 780 g/mol. The second kappa shape index (κ2) is 18.9. The second-order valence-corrected chi connectivity index (χ2v) is 13.9. The number of halogens is 2. The minimum absolute atomic E-state index is 0.0219. The minimum Gasteiger partial charge on any atom is -0.497 e. The molecule has 3 N–H and O–H groups in total. The minimum atomic E-state index is -0.532. The number of rotatable bonds is 17. The molecule has 54 heavy (non-hydrogen) atoms. The number of nitrogens with one attached hydrogen (secondary N) is 2.